The molecule has 0 bridgehead atoms. The Morgan fingerprint density at radius 1 is 1.16 bits per heavy atom. The van der Waals surface area contributed by atoms with Crippen molar-refractivity contribution in [1.29, 1.82) is 0 Å². The van der Waals surface area contributed by atoms with Crippen LogP contribution < -0.4 is 20.1 Å². The highest BCUT2D eigenvalue weighted by molar-refractivity contribution is 9.10. The minimum Gasteiger partial charge on any atom is -0.490 e. The molecule has 2 aromatic carbocycles. The summed E-state index contributed by atoms with van der Waals surface area (Å²) in [5.74, 6) is 3.01. The summed E-state index contributed by atoms with van der Waals surface area (Å²) in [5.41, 5.74) is 2.56. The van der Waals surface area contributed by atoms with Crippen molar-refractivity contribution < 1.29 is 19.0 Å². The van der Waals surface area contributed by atoms with Gasteiger partial charge in [0.1, 0.15) is 6.61 Å². The lowest BCUT2D eigenvalue weighted by Gasteiger charge is -2.32. The molecular weight excluding hydrogens is 492 g/mol. The van der Waals surface area contributed by atoms with Crippen LogP contribution in [0.25, 0.3) is 5.70 Å². The molecule has 32 heavy (non-hydrogen) atoms. The van der Waals surface area contributed by atoms with Gasteiger partial charge >= 0.3 is 5.97 Å². The van der Waals surface area contributed by atoms with E-state index in [2.05, 4.69) is 32.5 Å². The quantitative estimate of drug-likeness (QED) is 0.308. The molecule has 166 valence electrons. The van der Waals surface area contributed by atoms with Crippen molar-refractivity contribution in [2.75, 3.05) is 19.8 Å². The second-order valence-electron chi connectivity index (χ2n) is 6.65. The standard InChI is InChI=1S/C24H23BrN2O4S/c1-4-12-31-19-14-17(25)16(13-18(19)29-5-2)22-20(23(28)30-6-3)21(26-24(32)27-22)15-10-8-7-9-11-15/h1,7-11,13-14,22H,5-6,12H2,2-3H3,(H2,26,27,32). The summed E-state index contributed by atoms with van der Waals surface area (Å²) in [5, 5.41) is 6.71. The van der Waals surface area contributed by atoms with E-state index in [1.165, 1.54) is 0 Å². The van der Waals surface area contributed by atoms with E-state index >= 15 is 0 Å². The molecule has 2 N–H and O–H groups in total. The number of ether oxygens (including phenoxy) is 3. The predicted octanol–water partition coefficient (Wildman–Crippen LogP) is 4.35. The maximum atomic E-state index is 13.1. The van der Waals surface area contributed by atoms with Crippen molar-refractivity contribution in [2.24, 2.45) is 0 Å². The molecule has 0 radical (unpaired) electrons. The molecule has 1 unspecified atom stereocenters. The third-order valence-corrected chi connectivity index (χ3v) is 5.52. The Morgan fingerprint density at radius 3 is 2.53 bits per heavy atom. The van der Waals surface area contributed by atoms with E-state index in [0.29, 0.717) is 39.0 Å². The number of esters is 1. The summed E-state index contributed by atoms with van der Waals surface area (Å²) in [6, 6.07) is 12.5. The Labute approximate surface area is 201 Å². The van der Waals surface area contributed by atoms with Crippen LogP contribution in [0.4, 0.5) is 0 Å². The van der Waals surface area contributed by atoms with Crippen LogP contribution in [0.15, 0.2) is 52.5 Å². The number of hydrogen-bond donors (Lipinski definition) is 2. The molecule has 0 saturated heterocycles. The number of hydrogen-bond acceptors (Lipinski definition) is 5. The average Bonchev–Trinajstić information content (AvgIpc) is 2.79. The highest BCUT2D eigenvalue weighted by Crippen LogP contribution is 2.41. The second-order valence-corrected chi connectivity index (χ2v) is 7.92. The maximum absolute atomic E-state index is 13.1. The first-order valence-electron chi connectivity index (χ1n) is 10.1. The van der Waals surface area contributed by atoms with Gasteiger partial charge in [0.25, 0.3) is 0 Å². The van der Waals surface area contributed by atoms with Crippen molar-refractivity contribution >= 4 is 44.9 Å². The minimum absolute atomic E-state index is 0.105. The molecule has 2 aromatic rings. The lowest BCUT2D eigenvalue weighted by atomic mass is 9.92. The molecule has 0 aromatic heterocycles. The first kappa shape index (κ1) is 23.6. The topological polar surface area (TPSA) is 68.8 Å². The van der Waals surface area contributed by atoms with Gasteiger partial charge < -0.3 is 24.8 Å². The van der Waals surface area contributed by atoms with Gasteiger partial charge in [0.15, 0.2) is 16.6 Å². The number of terminal acetylenes is 1. The molecule has 0 amide bonds. The van der Waals surface area contributed by atoms with Crippen LogP contribution in [-0.4, -0.2) is 30.9 Å². The number of rotatable bonds is 8. The predicted molar refractivity (Wildman–Crippen MR) is 131 cm³/mol. The molecule has 3 rings (SSSR count). The van der Waals surface area contributed by atoms with Crippen LogP contribution in [0, 0.1) is 12.3 Å². The van der Waals surface area contributed by atoms with Crippen molar-refractivity contribution in [3.05, 3.63) is 63.6 Å². The van der Waals surface area contributed by atoms with Crippen LogP contribution in [0.5, 0.6) is 11.5 Å². The van der Waals surface area contributed by atoms with Crippen LogP contribution in [0.2, 0.25) is 0 Å². The number of carbonyl (C=O) groups is 1. The summed E-state index contributed by atoms with van der Waals surface area (Å²) < 4.78 is 17.5. The summed E-state index contributed by atoms with van der Waals surface area (Å²) >= 11 is 9.08. The zero-order valence-corrected chi connectivity index (χ0v) is 20.1. The van der Waals surface area contributed by atoms with E-state index in [9.17, 15) is 4.79 Å². The van der Waals surface area contributed by atoms with Gasteiger partial charge in [-0.15, -0.1) is 6.42 Å². The zero-order chi connectivity index (χ0) is 23.1. The first-order chi connectivity index (χ1) is 15.5. The molecule has 1 atom stereocenters. The number of halogens is 1. The van der Waals surface area contributed by atoms with Gasteiger partial charge in [0.2, 0.25) is 0 Å². The van der Waals surface area contributed by atoms with Crippen LogP contribution in [0.1, 0.15) is 31.0 Å². The van der Waals surface area contributed by atoms with E-state index in [4.69, 9.17) is 32.9 Å². The Morgan fingerprint density at radius 2 is 1.88 bits per heavy atom. The monoisotopic (exact) mass is 514 g/mol. The SMILES string of the molecule is C#CCOc1cc(Br)c(C2NC(=S)NC(c3ccccc3)=C2C(=O)OCC)cc1OCC. The zero-order valence-electron chi connectivity index (χ0n) is 17.7. The van der Waals surface area contributed by atoms with E-state index in [1.807, 2.05) is 43.3 Å². The first-order valence-corrected chi connectivity index (χ1v) is 11.3. The van der Waals surface area contributed by atoms with Gasteiger partial charge in [-0.1, -0.05) is 52.2 Å². The van der Waals surface area contributed by atoms with Crippen molar-refractivity contribution in [3.8, 4) is 23.8 Å². The molecule has 0 saturated carbocycles. The Bertz CT molecular complexity index is 1080. The van der Waals surface area contributed by atoms with Crippen LogP contribution in [0.3, 0.4) is 0 Å². The van der Waals surface area contributed by atoms with Gasteiger partial charge in [-0.25, -0.2) is 4.79 Å². The Kier molecular flexibility index (Phi) is 8.14. The van der Waals surface area contributed by atoms with Crippen molar-refractivity contribution in [3.63, 3.8) is 0 Å². The summed E-state index contributed by atoms with van der Waals surface area (Å²) in [4.78, 5) is 13.1. The third kappa shape index (κ3) is 5.23. The van der Waals surface area contributed by atoms with Crippen LogP contribution >= 0.6 is 28.1 Å². The van der Waals surface area contributed by atoms with Gasteiger partial charge in [0, 0.05) is 4.47 Å². The molecule has 0 fully saturated rings. The number of thiocarbonyl (C=S) groups is 1. The molecule has 0 aliphatic carbocycles. The van der Waals surface area contributed by atoms with E-state index < -0.39 is 12.0 Å². The van der Waals surface area contributed by atoms with Gasteiger partial charge in [0.05, 0.1) is 30.5 Å². The highest BCUT2D eigenvalue weighted by Gasteiger charge is 2.34. The molecule has 8 heteroatoms. The molecule has 6 nitrogen and oxygen atoms in total. The van der Waals surface area contributed by atoms with Gasteiger partial charge in [-0.3, -0.25) is 0 Å². The second kappa shape index (κ2) is 11.0. The van der Waals surface area contributed by atoms with Gasteiger partial charge in [-0.2, -0.15) is 0 Å². The lowest BCUT2D eigenvalue weighted by Crippen LogP contribution is -2.45. The summed E-state index contributed by atoms with van der Waals surface area (Å²) in [7, 11) is 0. The fourth-order valence-corrected chi connectivity index (χ4v) is 4.10. The Balaban J connectivity index is 2.19. The Hall–Kier alpha value is -3.02. The van der Waals surface area contributed by atoms with Crippen molar-refractivity contribution in [2.45, 2.75) is 19.9 Å². The number of carbonyl (C=O) groups excluding carboxylic acids is 1. The highest BCUT2D eigenvalue weighted by atomic mass is 79.9. The van der Waals surface area contributed by atoms with Gasteiger partial charge in [-0.05, 0) is 49.3 Å². The lowest BCUT2D eigenvalue weighted by molar-refractivity contribution is -0.138. The van der Waals surface area contributed by atoms with E-state index in [1.54, 1.807) is 13.0 Å². The fourth-order valence-electron chi connectivity index (χ4n) is 3.33. The third-order valence-electron chi connectivity index (χ3n) is 4.61. The molecule has 1 aliphatic heterocycles. The maximum Gasteiger partial charge on any atom is 0.338 e. The van der Waals surface area contributed by atoms with E-state index in [-0.39, 0.29) is 13.2 Å². The molecular formula is C24H23BrN2O4S. The fraction of sp³-hybridized carbons (Fsp3) is 0.250. The molecule has 0 spiro atoms. The average molecular weight is 515 g/mol. The normalized spacial score (nSPS) is 15.3. The number of benzene rings is 2. The molecule has 1 aliphatic rings. The number of nitrogens with one attached hydrogen (secondary N) is 2. The molecule has 1 heterocycles. The van der Waals surface area contributed by atoms with Crippen molar-refractivity contribution in [1.82, 2.24) is 10.6 Å². The largest absolute Gasteiger partial charge is 0.490 e. The van der Waals surface area contributed by atoms with E-state index in [0.717, 1.165) is 11.1 Å². The minimum atomic E-state index is -0.590. The van der Waals surface area contributed by atoms with Crippen LogP contribution in [-0.2, 0) is 9.53 Å². The smallest absolute Gasteiger partial charge is 0.338 e. The summed E-state index contributed by atoms with van der Waals surface area (Å²) in [6.07, 6.45) is 5.33. The summed E-state index contributed by atoms with van der Waals surface area (Å²) in [6.45, 7) is 4.42.